The number of fused-ring (bicyclic) bond motifs is 1. The molecule has 0 amide bonds. The monoisotopic (exact) mass is 261 g/mol. The van der Waals surface area contributed by atoms with E-state index in [1.165, 1.54) is 38.2 Å². The molecule has 3 heteroatoms. The Morgan fingerprint density at radius 3 is 2.84 bits per heavy atom. The number of benzene rings is 1. The summed E-state index contributed by atoms with van der Waals surface area (Å²) in [7, 11) is 0. The van der Waals surface area contributed by atoms with Gasteiger partial charge in [0.2, 0.25) is 0 Å². The van der Waals surface area contributed by atoms with Crippen LogP contribution in [0.25, 0.3) is 0 Å². The molecular weight excluding hydrogens is 241 g/mol. The second-order valence-corrected chi connectivity index (χ2v) is 5.77. The van der Waals surface area contributed by atoms with Gasteiger partial charge >= 0.3 is 0 Å². The predicted molar refractivity (Wildman–Crippen MR) is 72.7 cm³/mol. The number of ketones is 1. The van der Waals surface area contributed by atoms with Gasteiger partial charge in [-0.1, -0.05) is 25.0 Å². The molecule has 1 saturated heterocycles. The SMILES string of the molecule is O=C(CN1CCC2CCCCC21)c1ccccc1F. The quantitative estimate of drug-likeness (QED) is 0.778. The summed E-state index contributed by atoms with van der Waals surface area (Å²) in [4.78, 5) is 14.5. The van der Waals surface area contributed by atoms with Crippen LogP contribution in [-0.4, -0.2) is 29.8 Å². The number of likely N-dealkylation sites (tertiary alicyclic amines) is 1. The third-order valence-corrected chi connectivity index (χ3v) is 4.65. The van der Waals surface area contributed by atoms with Gasteiger partial charge in [-0.2, -0.15) is 0 Å². The van der Waals surface area contributed by atoms with Crippen LogP contribution in [0.1, 0.15) is 42.5 Å². The first-order valence-corrected chi connectivity index (χ1v) is 7.27. The number of hydrogen-bond donors (Lipinski definition) is 0. The van der Waals surface area contributed by atoms with Crippen LogP contribution < -0.4 is 0 Å². The van der Waals surface area contributed by atoms with Crippen molar-refractivity contribution in [2.75, 3.05) is 13.1 Å². The van der Waals surface area contributed by atoms with Crippen LogP contribution in [0.4, 0.5) is 4.39 Å². The van der Waals surface area contributed by atoms with E-state index >= 15 is 0 Å². The van der Waals surface area contributed by atoms with Gasteiger partial charge in [-0.25, -0.2) is 4.39 Å². The lowest BCUT2D eigenvalue weighted by Gasteiger charge is -2.31. The average Bonchev–Trinajstić information content (AvgIpc) is 2.83. The topological polar surface area (TPSA) is 20.3 Å². The minimum Gasteiger partial charge on any atom is -0.293 e. The molecule has 2 aliphatic rings. The molecule has 2 unspecified atom stereocenters. The Labute approximate surface area is 113 Å². The Balaban J connectivity index is 1.68. The molecule has 1 aromatic carbocycles. The summed E-state index contributed by atoms with van der Waals surface area (Å²) < 4.78 is 13.6. The predicted octanol–water partition coefficient (Wildman–Crippen LogP) is 3.27. The van der Waals surface area contributed by atoms with Gasteiger partial charge in [0.1, 0.15) is 5.82 Å². The lowest BCUT2D eigenvalue weighted by Crippen LogP contribution is -2.38. The molecule has 1 saturated carbocycles. The van der Waals surface area contributed by atoms with Gasteiger partial charge in [0.25, 0.3) is 0 Å². The second-order valence-electron chi connectivity index (χ2n) is 5.77. The van der Waals surface area contributed by atoms with Crippen molar-refractivity contribution in [3.63, 3.8) is 0 Å². The highest BCUT2D eigenvalue weighted by atomic mass is 19.1. The van der Waals surface area contributed by atoms with Crippen molar-refractivity contribution < 1.29 is 9.18 Å². The molecule has 0 radical (unpaired) electrons. The van der Waals surface area contributed by atoms with Gasteiger partial charge in [0.05, 0.1) is 12.1 Å². The summed E-state index contributed by atoms with van der Waals surface area (Å²) in [6, 6.07) is 6.86. The summed E-state index contributed by atoms with van der Waals surface area (Å²) in [5, 5.41) is 0. The molecule has 0 bridgehead atoms. The van der Waals surface area contributed by atoms with Crippen LogP contribution in [0.15, 0.2) is 24.3 Å². The number of carbonyl (C=O) groups is 1. The Bertz CT molecular complexity index is 474. The minimum atomic E-state index is -0.396. The molecule has 0 N–H and O–H groups in total. The van der Waals surface area contributed by atoms with Crippen LogP contribution in [0, 0.1) is 11.7 Å². The first-order chi connectivity index (χ1) is 9.25. The molecular formula is C16H20FNO. The van der Waals surface area contributed by atoms with E-state index in [2.05, 4.69) is 4.90 Å². The molecule has 2 fully saturated rings. The van der Waals surface area contributed by atoms with E-state index < -0.39 is 5.82 Å². The molecule has 2 nitrogen and oxygen atoms in total. The van der Waals surface area contributed by atoms with Crippen molar-refractivity contribution in [1.82, 2.24) is 4.90 Å². The highest BCUT2D eigenvalue weighted by Gasteiger charge is 2.36. The standard InChI is InChI=1S/C16H20FNO/c17-14-7-3-2-6-13(14)16(19)11-18-10-9-12-5-1-4-8-15(12)18/h2-3,6-7,12,15H,1,4-5,8-11H2. The van der Waals surface area contributed by atoms with Gasteiger partial charge in [0.15, 0.2) is 5.78 Å². The van der Waals surface area contributed by atoms with Crippen molar-refractivity contribution in [2.45, 2.75) is 38.1 Å². The second kappa shape index (κ2) is 5.41. The van der Waals surface area contributed by atoms with E-state index in [0.29, 0.717) is 12.6 Å². The number of halogens is 1. The van der Waals surface area contributed by atoms with Gasteiger partial charge in [-0.15, -0.1) is 0 Å². The molecule has 1 aliphatic heterocycles. The van der Waals surface area contributed by atoms with Gasteiger partial charge < -0.3 is 0 Å². The average molecular weight is 261 g/mol. The highest BCUT2D eigenvalue weighted by molar-refractivity contribution is 5.97. The maximum absolute atomic E-state index is 13.6. The summed E-state index contributed by atoms with van der Waals surface area (Å²) in [6.45, 7) is 1.37. The van der Waals surface area contributed by atoms with E-state index in [4.69, 9.17) is 0 Å². The van der Waals surface area contributed by atoms with Crippen molar-refractivity contribution >= 4 is 5.78 Å². The number of hydrogen-bond acceptors (Lipinski definition) is 2. The molecule has 19 heavy (non-hydrogen) atoms. The molecule has 3 rings (SSSR count). The Kier molecular flexibility index (Phi) is 3.65. The van der Waals surface area contributed by atoms with Gasteiger partial charge in [0, 0.05) is 6.04 Å². The molecule has 1 aliphatic carbocycles. The first-order valence-electron chi connectivity index (χ1n) is 7.27. The molecule has 0 aromatic heterocycles. The van der Waals surface area contributed by atoms with Crippen molar-refractivity contribution in [3.05, 3.63) is 35.6 Å². The van der Waals surface area contributed by atoms with Crippen molar-refractivity contribution in [2.24, 2.45) is 5.92 Å². The number of rotatable bonds is 3. The maximum Gasteiger partial charge on any atom is 0.179 e. The van der Waals surface area contributed by atoms with Gasteiger partial charge in [-0.05, 0) is 43.9 Å². The zero-order valence-corrected chi connectivity index (χ0v) is 11.1. The molecule has 1 aromatic rings. The number of nitrogens with zero attached hydrogens (tertiary/aromatic N) is 1. The van der Waals surface area contributed by atoms with E-state index in [9.17, 15) is 9.18 Å². The molecule has 1 heterocycles. The summed E-state index contributed by atoms with van der Waals surface area (Å²) >= 11 is 0. The normalized spacial score (nSPS) is 27.2. The summed E-state index contributed by atoms with van der Waals surface area (Å²) in [5.41, 5.74) is 0.238. The fourth-order valence-corrected chi connectivity index (χ4v) is 3.66. The zero-order chi connectivity index (χ0) is 13.2. The minimum absolute atomic E-state index is 0.0793. The smallest absolute Gasteiger partial charge is 0.179 e. The molecule has 0 spiro atoms. The first kappa shape index (κ1) is 12.8. The van der Waals surface area contributed by atoms with Crippen LogP contribution >= 0.6 is 0 Å². The number of carbonyl (C=O) groups excluding carboxylic acids is 1. The Morgan fingerprint density at radius 2 is 2.00 bits per heavy atom. The molecule has 102 valence electrons. The van der Waals surface area contributed by atoms with Crippen LogP contribution in [0.3, 0.4) is 0 Å². The van der Waals surface area contributed by atoms with E-state index in [0.717, 1.165) is 12.5 Å². The van der Waals surface area contributed by atoms with Gasteiger partial charge in [-0.3, -0.25) is 9.69 Å². The zero-order valence-electron chi connectivity index (χ0n) is 11.1. The summed E-state index contributed by atoms with van der Waals surface area (Å²) in [6.07, 6.45) is 6.31. The third-order valence-electron chi connectivity index (χ3n) is 4.65. The van der Waals surface area contributed by atoms with Crippen molar-refractivity contribution in [1.29, 1.82) is 0 Å². The maximum atomic E-state index is 13.6. The van der Waals surface area contributed by atoms with Crippen molar-refractivity contribution in [3.8, 4) is 0 Å². The van der Waals surface area contributed by atoms with E-state index in [-0.39, 0.29) is 11.3 Å². The fourth-order valence-electron chi connectivity index (χ4n) is 3.66. The third kappa shape index (κ3) is 2.57. The molecule has 2 atom stereocenters. The fraction of sp³-hybridized carbons (Fsp3) is 0.562. The largest absolute Gasteiger partial charge is 0.293 e. The van der Waals surface area contributed by atoms with Crippen LogP contribution in [0.5, 0.6) is 0 Å². The Hall–Kier alpha value is -1.22. The summed E-state index contributed by atoms with van der Waals surface area (Å²) in [5.74, 6) is 0.290. The Morgan fingerprint density at radius 1 is 1.21 bits per heavy atom. The lowest BCUT2D eigenvalue weighted by molar-refractivity contribution is 0.0892. The van der Waals surface area contributed by atoms with Crippen LogP contribution in [-0.2, 0) is 0 Å². The van der Waals surface area contributed by atoms with E-state index in [1.54, 1.807) is 18.2 Å². The van der Waals surface area contributed by atoms with E-state index in [1.807, 2.05) is 0 Å². The van der Waals surface area contributed by atoms with Crippen LogP contribution in [0.2, 0.25) is 0 Å². The highest BCUT2D eigenvalue weighted by Crippen LogP contribution is 2.36. The lowest BCUT2D eigenvalue weighted by atomic mass is 9.85. The number of Topliss-reactive ketones (excluding diaryl/α,β-unsaturated/α-hetero) is 1.